The fourth-order valence-corrected chi connectivity index (χ4v) is 3.17. The van der Waals surface area contributed by atoms with Crippen molar-refractivity contribution in [2.45, 2.75) is 39.2 Å². The highest BCUT2D eigenvalue weighted by Crippen LogP contribution is 2.20. The molecule has 140 valence electrons. The Balaban J connectivity index is 1.55. The van der Waals surface area contributed by atoms with Crippen molar-refractivity contribution in [2.24, 2.45) is 5.92 Å². The quantitative estimate of drug-likeness (QED) is 0.769. The van der Waals surface area contributed by atoms with Crippen LogP contribution in [0, 0.1) is 11.7 Å². The molecule has 1 aromatic heterocycles. The summed E-state index contributed by atoms with van der Waals surface area (Å²) in [6.07, 6.45) is 3.98. The molecule has 0 radical (unpaired) electrons. The van der Waals surface area contributed by atoms with Gasteiger partial charge in [0, 0.05) is 18.7 Å². The van der Waals surface area contributed by atoms with E-state index in [2.05, 4.69) is 27.3 Å². The summed E-state index contributed by atoms with van der Waals surface area (Å²) in [6.45, 7) is 4.99. The first kappa shape index (κ1) is 18.5. The van der Waals surface area contributed by atoms with Crippen LogP contribution >= 0.6 is 0 Å². The highest BCUT2D eigenvalue weighted by molar-refractivity contribution is 5.78. The highest BCUT2D eigenvalue weighted by Gasteiger charge is 2.26. The van der Waals surface area contributed by atoms with Gasteiger partial charge in [-0.1, -0.05) is 18.5 Å². The SMILES string of the molecule is CCCCNC(=O)C1CCCN(Cc2nc(-c3ccc(F)cc3)no2)C1. The van der Waals surface area contributed by atoms with Gasteiger partial charge in [0.15, 0.2) is 0 Å². The van der Waals surface area contributed by atoms with E-state index in [0.717, 1.165) is 38.8 Å². The largest absolute Gasteiger partial charge is 0.356 e. The molecule has 1 aliphatic heterocycles. The lowest BCUT2D eigenvalue weighted by Gasteiger charge is -2.30. The third kappa shape index (κ3) is 4.88. The van der Waals surface area contributed by atoms with Crippen molar-refractivity contribution in [3.63, 3.8) is 0 Å². The first-order chi connectivity index (χ1) is 12.7. The minimum absolute atomic E-state index is 0.0140. The smallest absolute Gasteiger partial charge is 0.241 e. The molecule has 2 aromatic rings. The van der Waals surface area contributed by atoms with Crippen LogP contribution in [0.4, 0.5) is 4.39 Å². The first-order valence-corrected chi connectivity index (χ1v) is 9.24. The molecule has 1 amide bonds. The Bertz CT molecular complexity index is 717. The lowest BCUT2D eigenvalue weighted by atomic mass is 9.97. The number of hydrogen-bond acceptors (Lipinski definition) is 5. The number of hydrogen-bond donors (Lipinski definition) is 1. The van der Waals surface area contributed by atoms with Crippen LogP contribution < -0.4 is 5.32 Å². The number of amides is 1. The van der Waals surface area contributed by atoms with E-state index in [9.17, 15) is 9.18 Å². The zero-order valence-electron chi connectivity index (χ0n) is 15.1. The third-order valence-corrected chi connectivity index (χ3v) is 4.64. The molecule has 1 aromatic carbocycles. The maximum Gasteiger partial charge on any atom is 0.241 e. The topological polar surface area (TPSA) is 71.3 Å². The number of rotatable bonds is 7. The van der Waals surface area contributed by atoms with E-state index in [1.165, 1.54) is 12.1 Å². The van der Waals surface area contributed by atoms with Crippen molar-refractivity contribution in [3.8, 4) is 11.4 Å². The number of unbranched alkanes of at least 4 members (excludes halogenated alkanes) is 1. The van der Waals surface area contributed by atoms with E-state index in [1.807, 2.05) is 0 Å². The lowest BCUT2D eigenvalue weighted by Crippen LogP contribution is -2.42. The molecule has 3 rings (SSSR count). The summed E-state index contributed by atoms with van der Waals surface area (Å²) >= 11 is 0. The van der Waals surface area contributed by atoms with Crippen LogP contribution in [-0.4, -0.2) is 40.6 Å². The summed E-state index contributed by atoms with van der Waals surface area (Å²) < 4.78 is 18.3. The minimum Gasteiger partial charge on any atom is -0.356 e. The Morgan fingerprint density at radius 1 is 1.38 bits per heavy atom. The van der Waals surface area contributed by atoms with Gasteiger partial charge < -0.3 is 9.84 Å². The van der Waals surface area contributed by atoms with E-state index in [0.29, 0.717) is 30.4 Å². The molecule has 26 heavy (non-hydrogen) atoms. The van der Waals surface area contributed by atoms with Crippen molar-refractivity contribution >= 4 is 5.91 Å². The molecule has 1 N–H and O–H groups in total. The number of benzene rings is 1. The van der Waals surface area contributed by atoms with E-state index < -0.39 is 0 Å². The van der Waals surface area contributed by atoms with Gasteiger partial charge in [-0.15, -0.1) is 0 Å². The monoisotopic (exact) mass is 360 g/mol. The summed E-state index contributed by atoms with van der Waals surface area (Å²) in [5.74, 6) is 0.817. The molecule has 2 heterocycles. The molecule has 0 bridgehead atoms. The van der Waals surface area contributed by atoms with Gasteiger partial charge in [0.1, 0.15) is 5.82 Å². The Morgan fingerprint density at radius 3 is 2.96 bits per heavy atom. The second-order valence-corrected chi connectivity index (χ2v) is 6.74. The van der Waals surface area contributed by atoms with Gasteiger partial charge >= 0.3 is 0 Å². The van der Waals surface area contributed by atoms with E-state index in [-0.39, 0.29) is 17.6 Å². The first-order valence-electron chi connectivity index (χ1n) is 9.24. The summed E-state index contributed by atoms with van der Waals surface area (Å²) in [7, 11) is 0. The van der Waals surface area contributed by atoms with Crippen LogP contribution in [0.25, 0.3) is 11.4 Å². The number of halogens is 1. The molecule has 6 nitrogen and oxygen atoms in total. The highest BCUT2D eigenvalue weighted by atomic mass is 19.1. The lowest BCUT2D eigenvalue weighted by molar-refractivity contribution is -0.126. The standard InChI is InChI=1S/C19H25FN4O2/c1-2-3-10-21-19(25)15-5-4-11-24(12-15)13-17-22-18(23-26-17)14-6-8-16(20)9-7-14/h6-9,15H,2-5,10-13H2,1H3,(H,21,25). The number of aromatic nitrogens is 2. The van der Waals surface area contributed by atoms with Crippen molar-refractivity contribution in [3.05, 3.63) is 36.0 Å². The fraction of sp³-hybridized carbons (Fsp3) is 0.526. The number of nitrogens with zero attached hydrogens (tertiary/aromatic N) is 3. The van der Waals surface area contributed by atoms with Crippen LogP contribution in [0.1, 0.15) is 38.5 Å². The number of carbonyl (C=O) groups is 1. The van der Waals surface area contributed by atoms with Crippen molar-refractivity contribution in [2.75, 3.05) is 19.6 Å². The number of likely N-dealkylation sites (tertiary alicyclic amines) is 1. The third-order valence-electron chi connectivity index (χ3n) is 4.64. The molecule has 1 atom stereocenters. The van der Waals surface area contributed by atoms with Crippen molar-refractivity contribution in [1.82, 2.24) is 20.4 Å². The zero-order chi connectivity index (χ0) is 18.4. The molecule has 0 saturated carbocycles. The van der Waals surface area contributed by atoms with Gasteiger partial charge in [0.25, 0.3) is 0 Å². The van der Waals surface area contributed by atoms with Crippen LogP contribution in [0.15, 0.2) is 28.8 Å². The summed E-state index contributed by atoms with van der Waals surface area (Å²) in [5, 5.41) is 6.99. The molecule has 0 aliphatic carbocycles. The number of nitrogens with one attached hydrogen (secondary N) is 1. The van der Waals surface area contributed by atoms with E-state index >= 15 is 0 Å². The molecule has 0 spiro atoms. The van der Waals surface area contributed by atoms with Crippen molar-refractivity contribution in [1.29, 1.82) is 0 Å². The second-order valence-electron chi connectivity index (χ2n) is 6.74. The molecule has 1 aliphatic rings. The van der Waals surface area contributed by atoms with Gasteiger partial charge in [-0.05, 0) is 50.1 Å². The van der Waals surface area contributed by atoms with E-state index in [4.69, 9.17) is 4.52 Å². The van der Waals surface area contributed by atoms with Crippen LogP contribution in [-0.2, 0) is 11.3 Å². The van der Waals surface area contributed by atoms with Gasteiger partial charge in [0.2, 0.25) is 17.6 Å². The van der Waals surface area contributed by atoms with Crippen LogP contribution in [0.5, 0.6) is 0 Å². The number of piperidine rings is 1. The average molecular weight is 360 g/mol. The summed E-state index contributed by atoms with van der Waals surface area (Å²) in [5.41, 5.74) is 0.716. The molecular formula is C19H25FN4O2. The molecular weight excluding hydrogens is 335 g/mol. The molecule has 1 unspecified atom stereocenters. The Labute approximate surface area is 152 Å². The predicted octanol–water partition coefficient (Wildman–Crippen LogP) is 3.00. The summed E-state index contributed by atoms with van der Waals surface area (Å²) in [4.78, 5) is 18.8. The van der Waals surface area contributed by atoms with Gasteiger partial charge in [-0.25, -0.2) is 4.39 Å². The zero-order valence-corrected chi connectivity index (χ0v) is 15.1. The number of carbonyl (C=O) groups excluding carboxylic acids is 1. The Kier molecular flexibility index (Phi) is 6.33. The second kappa shape index (κ2) is 8.89. The Morgan fingerprint density at radius 2 is 2.19 bits per heavy atom. The predicted molar refractivity (Wildman–Crippen MR) is 95.6 cm³/mol. The molecule has 7 heteroatoms. The van der Waals surface area contributed by atoms with Gasteiger partial charge in [0.05, 0.1) is 12.5 Å². The van der Waals surface area contributed by atoms with Crippen molar-refractivity contribution < 1.29 is 13.7 Å². The maximum atomic E-state index is 13.0. The fourth-order valence-electron chi connectivity index (χ4n) is 3.17. The Hall–Kier alpha value is -2.28. The molecule has 1 fully saturated rings. The maximum absolute atomic E-state index is 13.0. The van der Waals surface area contributed by atoms with Crippen LogP contribution in [0.3, 0.4) is 0 Å². The normalized spacial score (nSPS) is 18.0. The van der Waals surface area contributed by atoms with E-state index in [1.54, 1.807) is 12.1 Å². The van der Waals surface area contributed by atoms with Crippen LogP contribution in [0.2, 0.25) is 0 Å². The minimum atomic E-state index is -0.297. The molecule has 1 saturated heterocycles. The average Bonchev–Trinajstić information content (AvgIpc) is 3.11. The van der Waals surface area contributed by atoms with Gasteiger partial charge in [-0.2, -0.15) is 4.98 Å². The summed E-state index contributed by atoms with van der Waals surface area (Å²) in [6, 6.07) is 6.00. The van der Waals surface area contributed by atoms with Gasteiger partial charge in [-0.3, -0.25) is 9.69 Å².